The first-order valence-electron chi connectivity index (χ1n) is 6.06. The molecular formula is C14H19N3O. The summed E-state index contributed by atoms with van der Waals surface area (Å²) in [6.45, 7) is 4.99. The number of nitrogens with two attached hydrogens (primary N) is 1. The number of H-pyrrole nitrogens is 1. The molecule has 1 aromatic carbocycles. The highest BCUT2D eigenvalue weighted by Gasteiger charge is 2.23. The van der Waals surface area contributed by atoms with Crippen molar-refractivity contribution < 1.29 is 4.79 Å². The van der Waals surface area contributed by atoms with Gasteiger partial charge in [0, 0.05) is 24.8 Å². The molecule has 0 spiro atoms. The Morgan fingerprint density at radius 2 is 2.17 bits per heavy atom. The molecule has 0 radical (unpaired) electrons. The van der Waals surface area contributed by atoms with Crippen molar-refractivity contribution in [3.63, 3.8) is 0 Å². The van der Waals surface area contributed by atoms with Gasteiger partial charge in [-0.15, -0.1) is 0 Å². The van der Waals surface area contributed by atoms with Crippen molar-refractivity contribution in [2.75, 3.05) is 6.54 Å². The minimum atomic E-state index is -0.517. The first-order valence-corrected chi connectivity index (χ1v) is 6.06. The summed E-state index contributed by atoms with van der Waals surface area (Å²) in [4.78, 5) is 14.4. The molecule has 0 saturated heterocycles. The van der Waals surface area contributed by atoms with Gasteiger partial charge >= 0.3 is 0 Å². The number of primary amides is 1. The van der Waals surface area contributed by atoms with Crippen LogP contribution in [0.3, 0.4) is 0 Å². The van der Waals surface area contributed by atoms with Crippen molar-refractivity contribution in [2.24, 2.45) is 11.1 Å². The molecule has 0 saturated carbocycles. The Hall–Kier alpha value is -1.81. The van der Waals surface area contributed by atoms with Crippen LogP contribution in [-0.2, 0) is 11.3 Å². The maximum absolute atomic E-state index is 11.2. The lowest BCUT2D eigenvalue weighted by atomic mass is 9.93. The molecule has 1 amide bonds. The van der Waals surface area contributed by atoms with Crippen LogP contribution >= 0.6 is 0 Å². The number of hydrogen-bond acceptors (Lipinski definition) is 2. The van der Waals surface area contributed by atoms with E-state index in [4.69, 9.17) is 5.73 Å². The van der Waals surface area contributed by atoms with Gasteiger partial charge in [0.2, 0.25) is 5.91 Å². The van der Waals surface area contributed by atoms with Crippen molar-refractivity contribution in [3.8, 4) is 0 Å². The Bertz CT molecular complexity index is 557. The normalized spacial score (nSPS) is 11.9. The number of aromatic nitrogens is 1. The standard InChI is InChI=1S/C14H19N3O/c1-14(2,13(15)18)9-16-8-10-3-4-11-5-6-17-12(11)7-10/h3-7,16-17H,8-9H2,1-2H3,(H2,15,18). The molecular weight excluding hydrogens is 226 g/mol. The van der Waals surface area contributed by atoms with E-state index >= 15 is 0 Å². The van der Waals surface area contributed by atoms with E-state index in [1.807, 2.05) is 26.1 Å². The Kier molecular flexibility index (Phi) is 3.39. The van der Waals surface area contributed by atoms with Gasteiger partial charge in [-0.1, -0.05) is 12.1 Å². The second-order valence-corrected chi connectivity index (χ2v) is 5.25. The summed E-state index contributed by atoms with van der Waals surface area (Å²) in [7, 11) is 0. The topological polar surface area (TPSA) is 70.9 Å². The quantitative estimate of drug-likeness (QED) is 0.751. The van der Waals surface area contributed by atoms with Gasteiger partial charge in [-0.05, 0) is 36.9 Å². The van der Waals surface area contributed by atoms with Crippen molar-refractivity contribution in [1.29, 1.82) is 0 Å². The Labute approximate surface area is 107 Å². The zero-order chi connectivity index (χ0) is 13.2. The van der Waals surface area contributed by atoms with Gasteiger partial charge < -0.3 is 16.0 Å². The number of carbonyl (C=O) groups is 1. The lowest BCUT2D eigenvalue weighted by Crippen LogP contribution is -2.40. The fourth-order valence-corrected chi connectivity index (χ4v) is 1.81. The second kappa shape index (κ2) is 4.82. The van der Waals surface area contributed by atoms with Crippen LogP contribution in [0.1, 0.15) is 19.4 Å². The van der Waals surface area contributed by atoms with Crippen molar-refractivity contribution in [1.82, 2.24) is 10.3 Å². The molecule has 0 unspecified atom stereocenters. The molecule has 0 fully saturated rings. The SMILES string of the molecule is CC(C)(CNCc1ccc2cc[nH]c2c1)C(N)=O. The van der Waals surface area contributed by atoms with E-state index < -0.39 is 5.41 Å². The number of amides is 1. The molecule has 1 heterocycles. The van der Waals surface area contributed by atoms with E-state index in [0.717, 1.165) is 12.1 Å². The number of nitrogens with one attached hydrogen (secondary N) is 2. The molecule has 0 aliphatic heterocycles. The van der Waals surface area contributed by atoms with Gasteiger partial charge in [0.15, 0.2) is 0 Å². The van der Waals surface area contributed by atoms with Crippen molar-refractivity contribution >= 4 is 16.8 Å². The maximum Gasteiger partial charge on any atom is 0.224 e. The number of fused-ring (bicyclic) bond motifs is 1. The van der Waals surface area contributed by atoms with Crippen LogP contribution in [0, 0.1) is 5.41 Å². The summed E-state index contributed by atoms with van der Waals surface area (Å²) in [5, 5.41) is 4.47. The zero-order valence-electron chi connectivity index (χ0n) is 10.8. The van der Waals surface area contributed by atoms with Crippen LogP contribution in [-0.4, -0.2) is 17.4 Å². The number of rotatable bonds is 5. The molecule has 2 rings (SSSR count). The predicted molar refractivity (Wildman–Crippen MR) is 73.0 cm³/mol. The van der Waals surface area contributed by atoms with Crippen molar-refractivity contribution in [2.45, 2.75) is 20.4 Å². The molecule has 2 aromatic rings. The average Bonchev–Trinajstić information content (AvgIpc) is 2.75. The van der Waals surface area contributed by atoms with Crippen LogP contribution in [0.25, 0.3) is 10.9 Å². The largest absolute Gasteiger partial charge is 0.369 e. The molecule has 0 atom stereocenters. The first-order chi connectivity index (χ1) is 8.49. The predicted octanol–water partition coefficient (Wildman–Crippen LogP) is 1.77. The van der Waals surface area contributed by atoms with Gasteiger partial charge in [0.25, 0.3) is 0 Å². The van der Waals surface area contributed by atoms with Gasteiger partial charge in [0.05, 0.1) is 5.41 Å². The van der Waals surface area contributed by atoms with E-state index in [1.54, 1.807) is 0 Å². The van der Waals surface area contributed by atoms with Gasteiger partial charge in [-0.2, -0.15) is 0 Å². The highest BCUT2D eigenvalue weighted by atomic mass is 16.1. The average molecular weight is 245 g/mol. The van der Waals surface area contributed by atoms with E-state index in [0.29, 0.717) is 6.54 Å². The van der Waals surface area contributed by atoms with Crippen LogP contribution in [0.4, 0.5) is 0 Å². The lowest BCUT2D eigenvalue weighted by Gasteiger charge is -2.20. The Morgan fingerprint density at radius 1 is 1.39 bits per heavy atom. The molecule has 0 aliphatic carbocycles. The van der Waals surface area contributed by atoms with E-state index in [2.05, 4.69) is 28.5 Å². The van der Waals surface area contributed by atoms with Crippen molar-refractivity contribution in [3.05, 3.63) is 36.0 Å². The summed E-state index contributed by atoms with van der Waals surface area (Å²) in [6.07, 6.45) is 1.93. The third kappa shape index (κ3) is 2.71. The molecule has 4 heteroatoms. The van der Waals surface area contributed by atoms with Crippen LogP contribution in [0.2, 0.25) is 0 Å². The number of hydrogen-bond donors (Lipinski definition) is 3. The van der Waals surface area contributed by atoms with E-state index in [9.17, 15) is 4.79 Å². The fraction of sp³-hybridized carbons (Fsp3) is 0.357. The first kappa shape index (κ1) is 12.6. The Morgan fingerprint density at radius 3 is 2.89 bits per heavy atom. The summed E-state index contributed by atoms with van der Waals surface area (Å²) >= 11 is 0. The zero-order valence-corrected chi connectivity index (χ0v) is 10.8. The summed E-state index contributed by atoms with van der Waals surface area (Å²) < 4.78 is 0. The minimum Gasteiger partial charge on any atom is -0.369 e. The molecule has 18 heavy (non-hydrogen) atoms. The third-order valence-corrected chi connectivity index (χ3v) is 3.18. The highest BCUT2D eigenvalue weighted by molar-refractivity contribution is 5.80. The van der Waals surface area contributed by atoms with Gasteiger partial charge in [-0.3, -0.25) is 4.79 Å². The van der Waals surface area contributed by atoms with Crippen LogP contribution in [0.5, 0.6) is 0 Å². The Balaban J connectivity index is 1.96. The van der Waals surface area contributed by atoms with Crippen LogP contribution in [0.15, 0.2) is 30.5 Å². The second-order valence-electron chi connectivity index (χ2n) is 5.25. The molecule has 0 aliphatic rings. The minimum absolute atomic E-state index is 0.283. The molecule has 4 N–H and O–H groups in total. The third-order valence-electron chi connectivity index (χ3n) is 3.18. The summed E-state index contributed by atoms with van der Waals surface area (Å²) in [6, 6.07) is 8.32. The number of carbonyl (C=O) groups excluding carboxylic acids is 1. The van der Waals surface area contributed by atoms with E-state index in [-0.39, 0.29) is 5.91 Å². The number of benzene rings is 1. The van der Waals surface area contributed by atoms with E-state index in [1.165, 1.54) is 10.9 Å². The molecule has 1 aromatic heterocycles. The molecule has 0 bridgehead atoms. The van der Waals surface area contributed by atoms with Gasteiger partial charge in [-0.25, -0.2) is 0 Å². The van der Waals surface area contributed by atoms with Gasteiger partial charge in [0.1, 0.15) is 0 Å². The monoisotopic (exact) mass is 245 g/mol. The maximum atomic E-state index is 11.2. The fourth-order valence-electron chi connectivity index (χ4n) is 1.81. The number of aromatic amines is 1. The summed E-state index contributed by atoms with van der Waals surface area (Å²) in [5.41, 5.74) is 7.12. The molecule has 96 valence electrons. The van der Waals surface area contributed by atoms with Crippen LogP contribution < -0.4 is 11.1 Å². The summed E-state index contributed by atoms with van der Waals surface area (Å²) in [5.74, 6) is -0.283. The molecule has 4 nitrogen and oxygen atoms in total. The highest BCUT2D eigenvalue weighted by Crippen LogP contribution is 2.15. The smallest absolute Gasteiger partial charge is 0.224 e. The lowest BCUT2D eigenvalue weighted by molar-refractivity contribution is -0.125.